The summed E-state index contributed by atoms with van der Waals surface area (Å²) in [6.07, 6.45) is 1.72. The molecule has 0 bridgehead atoms. The topological polar surface area (TPSA) is 95.0 Å². The third kappa shape index (κ3) is 4.78. The van der Waals surface area contributed by atoms with Crippen LogP contribution in [0.3, 0.4) is 0 Å². The van der Waals surface area contributed by atoms with Gasteiger partial charge in [0.2, 0.25) is 0 Å². The summed E-state index contributed by atoms with van der Waals surface area (Å²) in [5, 5.41) is 14.0. The van der Waals surface area contributed by atoms with Crippen LogP contribution in [0.2, 0.25) is 0 Å². The first-order chi connectivity index (χ1) is 16.4. The Bertz CT molecular complexity index is 1280. The van der Waals surface area contributed by atoms with Gasteiger partial charge in [-0.3, -0.25) is 0 Å². The Morgan fingerprint density at radius 3 is 2.68 bits per heavy atom. The second kappa shape index (κ2) is 10.3. The average molecular weight is 482 g/mol. The molecule has 8 nitrogen and oxygen atoms in total. The number of ether oxygens (including phenoxy) is 1. The van der Waals surface area contributed by atoms with Crippen LogP contribution >= 0.6 is 11.3 Å². The van der Waals surface area contributed by atoms with Crippen LogP contribution in [-0.2, 0) is 0 Å². The van der Waals surface area contributed by atoms with Crippen molar-refractivity contribution >= 4 is 17.2 Å². The Morgan fingerprint density at radius 2 is 1.97 bits per heavy atom. The smallest absolute Gasteiger partial charge is 0.190 e. The van der Waals surface area contributed by atoms with Gasteiger partial charge >= 0.3 is 0 Å². The number of nitrogens with zero attached hydrogens (tertiary/aromatic N) is 6. The van der Waals surface area contributed by atoms with Crippen molar-refractivity contribution in [3.63, 3.8) is 0 Å². The van der Waals surface area contributed by atoms with Crippen molar-refractivity contribution < 1.29 is 9.13 Å². The molecule has 0 aliphatic rings. The molecule has 34 heavy (non-hydrogen) atoms. The molecule has 0 aliphatic heterocycles. The number of anilines is 1. The van der Waals surface area contributed by atoms with Crippen LogP contribution < -0.4 is 10.5 Å². The molecule has 0 fully saturated rings. The number of nitrogens with two attached hydrogens (primary N) is 1. The van der Waals surface area contributed by atoms with E-state index >= 15 is 4.39 Å². The van der Waals surface area contributed by atoms with E-state index in [1.165, 1.54) is 10.2 Å². The minimum atomic E-state index is -0.453. The van der Waals surface area contributed by atoms with Gasteiger partial charge in [-0.2, -0.15) is 4.68 Å². The van der Waals surface area contributed by atoms with E-state index in [9.17, 15) is 0 Å². The summed E-state index contributed by atoms with van der Waals surface area (Å²) in [7, 11) is 0. The lowest BCUT2D eigenvalue weighted by molar-refractivity contribution is 0.221. The van der Waals surface area contributed by atoms with Gasteiger partial charge in [0, 0.05) is 28.7 Å². The minimum Gasteiger partial charge on any atom is -0.492 e. The molecule has 0 saturated carbocycles. The molecule has 0 amide bonds. The summed E-state index contributed by atoms with van der Waals surface area (Å²) in [6, 6.07) is 7.32. The number of aryl methyl sites for hydroxylation is 1. The molecule has 3 aromatic heterocycles. The van der Waals surface area contributed by atoms with E-state index in [1.54, 1.807) is 36.6 Å². The molecule has 4 rings (SSSR count). The lowest BCUT2D eigenvalue weighted by Gasteiger charge is -2.19. The van der Waals surface area contributed by atoms with Gasteiger partial charge < -0.3 is 15.4 Å². The van der Waals surface area contributed by atoms with Crippen molar-refractivity contribution in [2.75, 3.05) is 32.0 Å². The standard InChI is InChI=1S/C24H28FN7OS/c1-5-31(6-2)9-10-33-20-8-7-19(22(25)16(20)4)32-24(28-29-30-32)18-12-17(13-27-23(18)26)21-11-15(3)14-34-21/h7-8,11-14H,5-6,9-10H2,1-4H3,(H2,26,27). The molecule has 0 radical (unpaired) electrons. The highest BCUT2D eigenvalue weighted by Crippen LogP contribution is 2.33. The normalized spacial score (nSPS) is 11.4. The number of likely N-dealkylation sites (N-methyl/N-ethyl adjacent to an activating group) is 1. The van der Waals surface area contributed by atoms with Crippen LogP contribution in [0.1, 0.15) is 25.0 Å². The minimum absolute atomic E-state index is 0.213. The SMILES string of the molecule is CCN(CC)CCOc1ccc(-n2nnnc2-c2cc(-c3cc(C)cs3)cnc2N)c(F)c1C. The Hall–Kier alpha value is -3.37. The molecule has 0 saturated heterocycles. The molecule has 0 atom stereocenters. The van der Waals surface area contributed by atoms with Gasteiger partial charge in [0.25, 0.3) is 0 Å². The zero-order valence-electron chi connectivity index (χ0n) is 19.7. The zero-order valence-corrected chi connectivity index (χ0v) is 20.6. The van der Waals surface area contributed by atoms with Gasteiger partial charge in [-0.15, -0.1) is 16.4 Å². The van der Waals surface area contributed by atoms with Gasteiger partial charge in [-0.05, 0) is 72.6 Å². The van der Waals surface area contributed by atoms with Gasteiger partial charge in [0.15, 0.2) is 11.6 Å². The number of pyridine rings is 1. The van der Waals surface area contributed by atoms with E-state index in [0.717, 1.165) is 30.1 Å². The number of benzene rings is 1. The van der Waals surface area contributed by atoms with Crippen LogP contribution in [0.25, 0.3) is 27.5 Å². The number of halogens is 1. The molecule has 10 heteroatoms. The van der Waals surface area contributed by atoms with Crippen molar-refractivity contribution in [2.45, 2.75) is 27.7 Å². The van der Waals surface area contributed by atoms with Crippen LogP contribution in [-0.4, -0.2) is 56.3 Å². The predicted octanol–water partition coefficient (Wildman–Crippen LogP) is 4.51. The maximum Gasteiger partial charge on any atom is 0.190 e. The first-order valence-electron chi connectivity index (χ1n) is 11.2. The molecule has 2 N–H and O–H groups in total. The van der Waals surface area contributed by atoms with E-state index in [-0.39, 0.29) is 11.5 Å². The van der Waals surface area contributed by atoms with E-state index in [2.05, 4.69) is 50.7 Å². The number of thiophene rings is 1. The lowest BCUT2D eigenvalue weighted by atomic mass is 10.1. The fourth-order valence-corrected chi connectivity index (χ4v) is 4.57. The summed E-state index contributed by atoms with van der Waals surface area (Å²) < 4.78 is 22.6. The van der Waals surface area contributed by atoms with Crippen molar-refractivity contribution in [1.29, 1.82) is 0 Å². The molecule has 1 aromatic carbocycles. The Morgan fingerprint density at radius 1 is 1.18 bits per heavy atom. The predicted molar refractivity (Wildman–Crippen MR) is 133 cm³/mol. The maximum absolute atomic E-state index is 15.4. The monoisotopic (exact) mass is 481 g/mol. The third-order valence-corrected chi connectivity index (χ3v) is 6.85. The number of hydrogen-bond donors (Lipinski definition) is 1. The summed E-state index contributed by atoms with van der Waals surface area (Å²) in [5.74, 6) is 0.625. The molecule has 4 aromatic rings. The zero-order chi connectivity index (χ0) is 24.2. The van der Waals surface area contributed by atoms with Gasteiger partial charge in [0.05, 0.1) is 5.56 Å². The number of aromatic nitrogens is 5. The van der Waals surface area contributed by atoms with E-state index in [1.807, 2.05) is 13.0 Å². The summed E-state index contributed by atoms with van der Waals surface area (Å²) in [4.78, 5) is 7.63. The van der Waals surface area contributed by atoms with Crippen LogP contribution in [0.4, 0.5) is 10.2 Å². The Labute approximate surface area is 202 Å². The number of hydrogen-bond acceptors (Lipinski definition) is 8. The summed E-state index contributed by atoms with van der Waals surface area (Å²) in [5.41, 5.74) is 9.37. The first-order valence-corrected chi connectivity index (χ1v) is 12.0. The highest BCUT2D eigenvalue weighted by atomic mass is 32.1. The van der Waals surface area contributed by atoms with E-state index < -0.39 is 5.82 Å². The van der Waals surface area contributed by atoms with Crippen molar-refractivity contribution in [3.8, 4) is 33.3 Å². The van der Waals surface area contributed by atoms with Crippen molar-refractivity contribution in [1.82, 2.24) is 30.1 Å². The van der Waals surface area contributed by atoms with Gasteiger partial charge in [-0.1, -0.05) is 13.8 Å². The second-order valence-corrected chi connectivity index (χ2v) is 8.87. The molecule has 3 heterocycles. The second-order valence-electron chi connectivity index (χ2n) is 7.96. The quantitative estimate of drug-likeness (QED) is 0.376. The number of tetrazole rings is 1. The van der Waals surface area contributed by atoms with E-state index in [0.29, 0.717) is 29.3 Å². The molecule has 178 valence electrons. The number of nitrogen functional groups attached to an aromatic ring is 1. The maximum atomic E-state index is 15.4. The molecular weight excluding hydrogens is 453 g/mol. The van der Waals surface area contributed by atoms with Crippen molar-refractivity contribution in [2.24, 2.45) is 0 Å². The largest absolute Gasteiger partial charge is 0.492 e. The van der Waals surface area contributed by atoms with Crippen LogP contribution in [0.15, 0.2) is 35.8 Å². The Balaban J connectivity index is 1.65. The summed E-state index contributed by atoms with van der Waals surface area (Å²) >= 11 is 1.62. The van der Waals surface area contributed by atoms with Crippen LogP contribution in [0, 0.1) is 19.7 Å². The Kier molecular flexibility index (Phi) is 7.18. The lowest BCUT2D eigenvalue weighted by Crippen LogP contribution is -2.28. The third-order valence-electron chi connectivity index (χ3n) is 5.75. The first kappa shape index (κ1) is 23.8. The van der Waals surface area contributed by atoms with Gasteiger partial charge in [0.1, 0.15) is 23.9 Å². The molecular formula is C24H28FN7OS. The molecule has 0 spiro atoms. The van der Waals surface area contributed by atoms with E-state index in [4.69, 9.17) is 10.5 Å². The highest BCUT2D eigenvalue weighted by Gasteiger charge is 2.20. The fraction of sp³-hybridized carbons (Fsp3) is 0.333. The van der Waals surface area contributed by atoms with Crippen molar-refractivity contribution in [3.05, 3.63) is 52.8 Å². The highest BCUT2D eigenvalue weighted by molar-refractivity contribution is 7.13. The number of rotatable bonds is 9. The summed E-state index contributed by atoms with van der Waals surface area (Å²) in [6.45, 7) is 11.1. The van der Waals surface area contributed by atoms with Crippen LogP contribution in [0.5, 0.6) is 5.75 Å². The average Bonchev–Trinajstić information content (AvgIpc) is 3.49. The fourth-order valence-electron chi connectivity index (χ4n) is 3.69. The molecule has 0 unspecified atom stereocenters. The molecule has 0 aliphatic carbocycles. The van der Waals surface area contributed by atoms with Gasteiger partial charge in [-0.25, -0.2) is 9.37 Å².